The van der Waals surface area contributed by atoms with E-state index in [2.05, 4.69) is 15.3 Å². The highest BCUT2D eigenvalue weighted by molar-refractivity contribution is 6.30. The van der Waals surface area contributed by atoms with Crippen molar-refractivity contribution in [3.05, 3.63) is 28.6 Å². The number of nitrogens with zero attached hydrogens (tertiary/aromatic N) is 3. The maximum atomic E-state index is 12.6. The molecule has 2 amide bonds. The summed E-state index contributed by atoms with van der Waals surface area (Å²) in [6, 6.07) is -0.127. The van der Waals surface area contributed by atoms with Crippen molar-refractivity contribution in [2.24, 2.45) is 0 Å². The summed E-state index contributed by atoms with van der Waals surface area (Å²) in [5.74, 6) is 0.507. The van der Waals surface area contributed by atoms with E-state index in [-0.39, 0.29) is 24.0 Å². The summed E-state index contributed by atoms with van der Waals surface area (Å²) in [5, 5.41) is 3.31. The SMILES string of the molecule is CCCCOC(=O)N1C=C(C)OC1N1CCC(NC(=O)c2nc(Cl)c(CC)[nH]2)CC1OC. The lowest BCUT2D eigenvalue weighted by molar-refractivity contribution is -0.172. The summed E-state index contributed by atoms with van der Waals surface area (Å²) in [5.41, 5.74) is 0.730. The second-order valence-corrected chi connectivity index (χ2v) is 8.25. The third-order valence-electron chi connectivity index (χ3n) is 5.56. The lowest BCUT2D eigenvalue weighted by atomic mass is 10.0. The van der Waals surface area contributed by atoms with Gasteiger partial charge in [0, 0.05) is 26.1 Å². The van der Waals surface area contributed by atoms with Crippen molar-refractivity contribution in [3.8, 4) is 0 Å². The third kappa shape index (κ3) is 5.54. The monoisotopic (exact) mass is 469 g/mol. The Morgan fingerprint density at radius 3 is 2.84 bits per heavy atom. The van der Waals surface area contributed by atoms with Gasteiger partial charge in [-0.05, 0) is 26.2 Å². The van der Waals surface area contributed by atoms with Crippen LogP contribution in [0.4, 0.5) is 4.79 Å². The molecule has 1 saturated heterocycles. The molecule has 1 fully saturated rings. The van der Waals surface area contributed by atoms with Crippen molar-refractivity contribution < 1.29 is 23.8 Å². The number of aromatic nitrogens is 2. The van der Waals surface area contributed by atoms with Crippen LogP contribution in [-0.2, 0) is 20.6 Å². The third-order valence-corrected chi connectivity index (χ3v) is 5.88. The maximum absolute atomic E-state index is 12.6. The molecule has 3 rings (SSSR count). The Labute approximate surface area is 193 Å². The fourth-order valence-electron chi connectivity index (χ4n) is 3.81. The molecule has 0 radical (unpaired) electrons. The average Bonchev–Trinajstić information content (AvgIpc) is 3.36. The van der Waals surface area contributed by atoms with Gasteiger partial charge in [-0.25, -0.2) is 19.6 Å². The van der Waals surface area contributed by atoms with Crippen LogP contribution in [0.5, 0.6) is 0 Å². The number of H-pyrrole nitrogens is 1. The molecule has 178 valence electrons. The molecule has 2 N–H and O–H groups in total. The summed E-state index contributed by atoms with van der Waals surface area (Å²) in [7, 11) is 1.60. The van der Waals surface area contributed by atoms with Crippen LogP contribution in [0.3, 0.4) is 0 Å². The highest BCUT2D eigenvalue weighted by Gasteiger charge is 2.42. The van der Waals surface area contributed by atoms with Crippen molar-refractivity contribution in [2.45, 2.75) is 71.5 Å². The zero-order chi connectivity index (χ0) is 23.3. The van der Waals surface area contributed by atoms with Gasteiger partial charge in [0.1, 0.15) is 12.0 Å². The molecule has 3 atom stereocenters. The minimum atomic E-state index is -0.651. The van der Waals surface area contributed by atoms with E-state index in [0.717, 1.165) is 18.5 Å². The van der Waals surface area contributed by atoms with E-state index in [9.17, 15) is 9.59 Å². The lowest BCUT2D eigenvalue weighted by Crippen LogP contribution is -2.58. The number of rotatable bonds is 8. The fourth-order valence-corrected chi connectivity index (χ4v) is 4.07. The molecular formula is C21H32ClN5O5. The topological polar surface area (TPSA) is 109 Å². The molecule has 2 aliphatic heterocycles. The Balaban J connectivity index is 1.62. The van der Waals surface area contributed by atoms with Gasteiger partial charge in [0.15, 0.2) is 11.0 Å². The Morgan fingerprint density at radius 2 is 2.19 bits per heavy atom. The number of likely N-dealkylation sites (tertiary alicyclic amines) is 1. The van der Waals surface area contributed by atoms with Crippen molar-refractivity contribution in [2.75, 3.05) is 20.3 Å². The first-order chi connectivity index (χ1) is 15.4. The molecule has 0 aliphatic carbocycles. The number of carbonyl (C=O) groups is 2. The van der Waals surface area contributed by atoms with Gasteiger partial charge in [0.2, 0.25) is 6.35 Å². The number of nitrogens with one attached hydrogen (secondary N) is 2. The molecule has 0 spiro atoms. The molecule has 3 unspecified atom stereocenters. The minimum absolute atomic E-state index is 0.127. The number of aryl methyl sites for hydroxylation is 1. The number of aromatic amines is 1. The normalized spacial score (nSPS) is 23.6. The molecule has 11 heteroatoms. The number of piperidine rings is 1. The van der Waals surface area contributed by atoms with Crippen molar-refractivity contribution in [1.29, 1.82) is 0 Å². The standard InChI is InChI=1S/C21H32ClN5O5/c1-5-7-10-31-21(29)27-12-13(3)32-20(27)26-9-8-14(11-16(26)30-4)23-19(28)18-24-15(6-2)17(22)25-18/h12,14,16,20H,5-11H2,1-4H3,(H,23,28)(H,24,25). The van der Waals surface area contributed by atoms with Crippen LogP contribution in [-0.4, -0.2) is 70.7 Å². The summed E-state index contributed by atoms with van der Waals surface area (Å²) >= 11 is 6.05. The number of hydrogen-bond acceptors (Lipinski definition) is 7. The fraction of sp³-hybridized carbons (Fsp3) is 0.667. The van der Waals surface area contributed by atoms with Crippen molar-refractivity contribution >= 4 is 23.6 Å². The maximum Gasteiger partial charge on any atom is 0.418 e. The minimum Gasteiger partial charge on any atom is -0.459 e. The molecule has 0 aromatic carbocycles. The van der Waals surface area contributed by atoms with E-state index < -0.39 is 12.4 Å². The van der Waals surface area contributed by atoms with Crippen LogP contribution in [0.25, 0.3) is 0 Å². The number of carbonyl (C=O) groups excluding carboxylic acids is 2. The Bertz CT molecular complexity index is 845. The molecule has 0 saturated carbocycles. The predicted molar refractivity (Wildman–Crippen MR) is 118 cm³/mol. The van der Waals surface area contributed by atoms with E-state index in [4.69, 9.17) is 25.8 Å². The molecule has 10 nitrogen and oxygen atoms in total. The number of hydrogen-bond donors (Lipinski definition) is 2. The van der Waals surface area contributed by atoms with Crippen molar-refractivity contribution in [3.63, 3.8) is 0 Å². The van der Waals surface area contributed by atoms with Gasteiger partial charge in [-0.3, -0.25) is 4.79 Å². The summed E-state index contributed by atoms with van der Waals surface area (Å²) in [4.78, 5) is 35.7. The van der Waals surface area contributed by atoms with Crippen molar-refractivity contribution in [1.82, 2.24) is 25.1 Å². The molecule has 2 aliphatic rings. The zero-order valence-electron chi connectivity index (χ0n) is 19.0. The number of imidazole rings is 1. The van der Waals surface area contributed by atoms with Gasteiger partial charge < -0.3 is 24.5 Å². The van der Waals surface area contributed by atoms with Crippen LogP contribution < -0.4 is 5.32 Å². The first-order valence-corrected chi connectivity index (χ1v) is 11.4. The van der Waals surface area contributed by atoms with E-state index in [0.29, 0.717) is 43.3 Å². The van der Waals surface area contributed by atoms with Crippen LogP contribution >= 0.6 is 11.6 Å². The average molecular weight is 470 g/mol. The van der Waals surface area contributed by atoms with Gasteiger partial charge in [-0.1, -0.05) is 31.9 Å². The van der Waals surface area contributed by atoms with Crippen LogP contribution in [0.15, 0.2) is 12.0 Å². The van der Waals surface area contributed by atoms with Gasteiger partial charge in [-0.15, -0.1) is 0 Å². The van der Waals surface area contributed by atoms with Gasteiger partial charge >= 0.3 is 6.09 Å². The molecule has 3 heterocycles. The second-order valence-electron chi connectivity index (χ2n) is 7.89. The van der Waals surface area contributed by atoms with Crippen LogP contribution in [0.1, 0.15) is 62.8 Å². The number of methoxy groups -OCH3 is 1. The largest absolute Gasteiger partial charge is 0.459 e. The van der Waals surface area contributed by atoms with Gasteiger partial charge in [-0.2, -0.15) is 0 Å². The molecule has 1 aromatic heterocycles. The van der Waals surface area contributed by atoms with Crippen LogP contribution in [0.2, 0.25) is 5.15 Å². The predicted octanol–water partition coefficient (Wildman–Crippen LogP) is 3.21. The van der Waals surface area contributed by atoms with Gasteiger partial charge in [0.05, 0.1) is 18.5 Å². The number of halogens is 1. The first kappa shape index (κ1) is 24.3. The number of unbranched alkanes of at least 4 members (excludes halogenated alkanes) is 1. The Kier molecular flexibility index (Phi) is 8.38. The van der Waals surface area contributed by atoms with Gasteiger partial charge in [0.25, 0.3) is 5.91 Å². The summed E-state index contributed by atoms with van der Waals surface area (Å²) in [6.07, 6.45) is 3.76. The smallest absolute Gasteiger partial charge is 0.418 e. The Morgan fingerprint density at radius 1 is 1.41 bits per heavy atom. The lowest BCUT2D eigenvalue weighted by Gasteiger charge is -2.42. The van der Waals surface area contributed by atoms with E-state index in [1.165, 1.54) is 4.90 Å². The summed E-state index contributed by atoms with van der Waals surface area (Å²) < 4.78 is 17.0. The molecule has 32 heavy (non-hydrogen) atoms. The highest BCUT2D eigenvalue weighted by atomic mass is 35.5. The number of ether oxygens (including phenoxy) is 3. The number of amides is 2. The van der Waals surface area contributed by atoms with E-state index >= 15 is 0 Å². The van der Waals surface area contributed by atoms with Crippen LogP contribution in [0, 0.1) is 0 Å². The molecule has 0 bridgehead atoms. The first-order valence-electron chi connectivity index (χ1n) is 11.0. The van der Waals surface area contributed by atoms with E-state index in [1.54, 1.807) is 20.2 Å². The van der Waals surface area contributed by atoms with E-state index in [1.807, 2.05) is 18.7 Å². The zero-order valence-corrected chi connectivity index (χ0v) is 19.8. The Hall–Kier alpha value is -2.30. The molecule has 1 aromatic rings. The molecular weight excluding hydrogens is 438 g/mol. The summed E-state index contributed by atoms with van der Waals surface area (Å²) in [6.45, 7) is 6.68. The quantitative estimate of drug-likeness (QED) is 0.562. The second kappa shape index (κ2) is 11.0. The highest BCUT2D eigenvalue weighted by Crippen LogP contribution is 2.29. The number of allylic oxidation sites excluding steroid dienone is 1.